The van der Waals surface area contributed by atoms with Gasteiger partial charge in [-0.25, -0.2) is 4.52 Å². The molecule has 2 aromatic carbocycles. The van der Waals surface area contributed by atoms with Crippen LogP contribution in [0.2, 0.25) is 0 Å². The summed E-state index contributed by atoms with van der Waals surface area (Å²) in [7, 11) is 3.20. The second-order valence-electron chi connectivity index (χ2n) is 9.66. The van der Waals surface area contributed by atoms with Gasteiger partial charge < -0.3 is 25.6 Å². The van der Waals surface area contributed by atoms with Crippen molar-refractivity contribution >= 4 is 35.0 Å². The van der Waals surface area contributed by atoms with Gasteiger partial charge in [0.25, 0.3) is 11.8 Å². The first kappa shape index (κ1) is 31.0. The number of hydrogen-bond acceptors (Lipinski definition) is 7. The van der Waals surface area contributed by atoms with E-state index in [4.69, 9.17) is 4.74 Å². The molecular weight excluding hydrogens is 567 g/mol. The van der Waals surface area contributed by atoms with Crippen molar-refractivity contribution in [3.05, 3.63) is 77.5 Å². The van der Waals surface area contributed by atoms with E-state index >= 15 is 0 Å². The van der Waals surface area contributed by atoms with Crippen LogP contribution in [0.15, 0.2) is 60.8 Å². The first-order valence-electron chi connectivity index (χ1n) is 13.1. The van der Waals surface area contributed by atoms with Gasteiger partial charge in [-0.05, 0) is 48.0 Å². The Hall–Kier alpha value is -4.98. The third-order valence-electron chi connectivity index (χ3n) is 6.44. The molecule has 0 unspecified atom stereocenters. The van der Waals surface area contributed by atoms with Gasteiger partial charge in [-0.2, -0.15) is 18.2 Å². The monoisotopic (exact) mass is 597 g/mol. The maximum Gasteiger partial charge on any atom is 0.405 e. The van der Waals surface area contributed by atoms with Crippen LogP contribution in [0.1, 0.15) is 33.2 Å². The molecule has 226 valence electrons. The second-order valence-corrected chi connectivity index (χ2v) is 9.66. The van der Waals surface area contributed by atoms with Crippen LogP contribution < -0.4 is 16.0 Å². The topological polar surface area (TPSA) is 130 Å². The lowest BCUT2D eigenvalue weighted by atomic mass is 10.1. The highest BCUT2D eigenvalue weighted by atomic mass is 19.4. The number of likely N-dealkylation sites (N-methyl/N-ethyl adjacent to an activating group) is 1. The van der Waals surface area contributed by atoms with Crippen molar-refractivity contribution in [2.75, 3.05) is 39.1 Å². The van der Waals surface area contributed by atoms with Crippen LogP contribution >= 0.6 is 0 Å². The molecule has 0 saturated carbocycles. The summed E-state index contributed by atoms with van der Waals surface area (Å²) < 4.78 is 44.0. The third kappa shape index (κ3) is 8.29. The second kappa shape index (κ2) is 13.3. The van der Waals surface area contributed by atoms with Crippen molar-refractivity contribution < 1.29 is 32.3 Å². The zero-order valence-electron chi connectivity index (χ0n) is 23.7. The summed E-state index contributed by atoms with van der Waals surface area (Å²) in [6.45, 7) is 0.974. The van der Waals surface area contributed by atoms with Crippen LogP contribution in [0.4, 0.5) is 24.8 Å². The average molecular weight is 598 g/mol. The predicted molar refractivity (Wildman–Crippen MR) is 153 cm³/mol. The highest BCUT2D eigenvalue weighted by Crippen LogP contribution is 2.24. The number of fused-ring (bicyclic) bond motifs is 1. The van der Waals surface area contributed by atoms with Crippen molar-refractivity contribution in [2.24, 2.45) is 0 Å². The number of anilines is 2. The Kier molecular flexibility index (Phi) is 9.60. The molecule has 0 aliphatic carbocycles. The Morgan fingerprint density at radius 1 is 0.953 bits per heavy atom. The Morgan fingerprint density at radius 3 is 2.30 bits per heavy atom. The lowest BCUT2D eigenvalue weighted by Gasteiger charge is -2.15. The number of nitrogens with zero attached hydrogens (tertiary/aromatic N) is 4. The van der Waals surface area contributed by atoms with Gasteiger partial charge in [0.1, 0.15) is 6.54 Å². The van der Waals surface area contributed by atoms with Crippen LogP contribution in [-0.4, -0.2) is 77.2 Å². The highest BCUT2D eigenvalue weighted by Gasteiger charge is 2.27. The molecule has 0 atom stereocenters. The Balaban J connectivity index is 1.46. The average Bonchev–Trinajstić information content (AvgIpc) is 3.38. The van der Waals surface area contributed by atoms with Crippen LogP contribution in [0.5, 0.6) is 0 Å². The molecular formula is C29H30F3N7O4. The molecule has 2 aromatic heterocycles. The number of ether oxygens (including phenoxy) is 1. The van der Waals surface area contributed by atoms with Gasteiger partial charge >= 0.3 is 6.18 Å². The lowest BCUT2D eigenvalue weighted by Crippen LogP contribution is -2.35. The summed E-state index contributed by atoms with van der Waals surface area (Å²) in [6, 6.07) is 14.8. The first-order chi connectivity index (χ1) is 20.4. The van der Waals surface area contributed by atoms with Crippen molar-refractivity contribution in [3.8, 4) is 11.1 Å². The van der Waals surface area contributed by atoms with E-state index in [2.05, 4.69) is 20.7 Å². The molecule has 4 aromatic rings. The number of alkyl halides is 3. The maximum atomic E-state index is 12.6. The lowest BCUT2D eigenvalue weighted by molar-refractivity contribution is -0.127. The molecule has 0 aliphatic rings. The summed E-state index contributed by atoms with van der Waals surface area (Å²) in [5, 5.41) is 12.3. The number of carbonyl (C=O) groups excluding carboxylic acids is 3. The normalized spacial score (nSPS) is 11.3. The van der Waals surface area contributed by atoms with Crippen molar-refractivity contribution in [1.29, 1.82) is 0 Å². The number of hydrogen-bond donors (Lipinski definition) is 3. The maximum absolute atomic E-state index is 12.6. The first-order valence-corrected chi connectivity index (χ1v) is 13.1. The minimum absolute atomic E-state index is 0.0886. The molecule has 0 bridgehead atoms. The standard InChI is InChI=1S/C29H30F3N7O4/c1-18(40)38(2)13-12-33-27(42)21-8-10-24(23(14-21)16-43-3)35-28-36-25-11-9-22(15-39(25)37-28)19-4-6-20(7-5-19)26(41)34-17-29(30,31)32/h4-11,14-15H,12-13,16-17H2,1-3H3,(H,33,42)(H,34,41)(H,35,37). The molecule has 43 heavy (non-hydrogen) atoms. The number of rotatable bonds is 11. The van der Waals surface area contributed by atoms with E-state index in [-0.39, 0.29) is 24.0 Å². The molecule has 3 amide bonds. The van der Waals surface area contributed by atoms with E-state index in [1.54, 1.807) is 61.3 Å². The summed E-state index contributed by atoms with van der Waals surface area (Å²) in [5.74, 6) is -0.885. The van der Waals surface area contributed by atoms with E-state index in [1.165, 1.54) is 24.0 Å². The summed E-state index contributed by atoms with van der Waals surface area (Å²) >= 11 is 0. The van der Waals surface area contributed by atoms with Crippen molar-refractivity contribution in [3.63, 3.8) is 0 Å². The smallest absolute Gasteiger partial charge is 0.380 e. The number of amides is 3. The molecule has 0 spiro atoms. The van der Waals surface area contributed by atoms with Crippen LogP contribution in [0.25, 0.3) is 16.8 Å². The molecule has 14 heteroatoms. The Labute approximate surface area is 245 Å². The van der Waals surface area contributed by atoms with Crippen molar-refractivity contribution in [2.45, 2.75) is 19.7 Å². The van der Waals surface area contributed by atoms with Crippen molar-refractivity contribution in [1.82, 2.24) is 30.1 Å². The Morgan fingerprint density at radius 2 is 1.63 bits per heavy atom. The SMILES string of the molecule is COCc1cc(C(=O)NCCN(C)C(C)=O)ccc1Nc1nc2ccc(-c3ccc(C(=O)NCC(F)(F)F)cc3)cn2n1. The van der Waals surface area contributed by atoms with E-state index in [1.807, 2.05) is 11.4 Å². The van der Waals surface area contributed by atoms with Crippen LogP contribution in [-0.2, 0) is 16.1 Å². The Bertz CT molecular complexity index is 1620. The zero-order chi connectivity index (χ0) is 31.1. The summed E-state index contributed by atoms with van der Waals surface area (Å²) in [4.78, 5) is 42.0. The fraction of sp³-hybridized carbons (Fsp3) is 0.276. The summed E-state index contributed by atoms with van der Waals surface area (Å²) in [5.41, 5.74) is 3.91. The van der Waals surface area contributed by atoms with Gasteiger partial charge in [-0.3, -0.25) is 14.4 Å². The minimum atomic E-state index is -4.49. The van der Waals surface area contributed by atoms with Crippen LogP contribution in [0, 0.1) is 0 Å². The minimum Gasteiger partial charge on any atom is -0.380 e. The third-order valence-corrected chi connectivity index (χ3v) is 6.44. The van der Waals surface area contributed by atoms with Gasteiger partial charge in [-0.15, -0.1) is 5.10 Å². The predicted octanol–water partition coefficient (Wildman–Crippen LogP) is 3.79. The van der Waals surface area contributed by atoms with E-state index in [9.17, 15) is 27.6 Å². The fourth-order valence-electron chi connectivity index (χ4n) is 4.05. The van der Waals surface area contributed by atoms with Gasteiger partial charge in [0.15, 0.2) is 5.65 Å². The molecule has 0 saturated heterocycles. The van der Waals surface area contributed by atoms with E-state index in [0.29, 0.717) is 41.5 Å². The number of halogens is 3. The molecule has 0 radical (unpaired) electrons. The zero-order valence-corrected chi connectivity index (χ0v) is 23.7. The van der Waals surface area contributed by atoms with Gasteiger partial charge in [0.05, 0.1) is 6.61 Å². The molecule has 0 aliphatic heterocycles. The number of methoxy groups -OCH3 is 1. The van der Waals surface area contributed by atoms with E-state index < -0.39 is 18.6 Å². The largest absolute Gasteiger partial charge is 0.405 e. The van der Waals surface area contributed by atoms with E-state index in [0.717, 1.165) is 11.1 Å². The number of pyridine rings is 1. The quantitative estimate of drug-likeness (QED) is 0.240. The van der Waals surface area contributed by atoms with Gasteiger partial charge in [-0.1, -0.05) is 12.1 Å². The highest BCUT2D eigenvalue weighted by molar-refractivity contribution is 5.95. The molecule has 3 N–H and O–H groups in total. The van der Waals surface area contributed by atoms with Gasteiger partial charge in [0.2, 0.25) is 11.9 Å². The van der Waals surface area contributed by atoms with Crippen LogP contribution in [0.3, 0.4) is 0 Å². The molecule has 4 rings (SSSR count). The summed E-state index contributed by atoms with van der Waals surface area (Å²) in [6.07, 6.45) is -2.75. The molecule has 0 fully saturated rings. The number of nitrogens with one attached hydrogen (secondary N) is 3. The van der Waals surface area contributed by atoms with Gasteiger partial charge in [0, 0.05) is 68.3 Å². The molecule has 11 nitrogen and oxygen atoms in total. The number of carbonyl (C=O) groups is 3. The number of aromatic nitrogens is 3. The number of benzene rings is 2. The molecule has 2 heterocycles. The fourth-order valence-corrected chi connectivity index (χ4v) is 4.05.